The topological polar surface area (TPSA) is 114 Å². The Balaban J connectivity index is 1.67. The quantitative estimate of drug-likeness (QED) is 0.695. The van der Waals surface area contributed by atoms with E-state index in [1.165, 1.54) is 6.92 Å². The van der Waals surface area contributed by atoms with E-state index < -0.39 is 0 Å². The Morgan fingerprint density at radius 2 is 1.52 bits per heavy atom. The van der Waals surface area contributed by atoms with Crippen LogP contribution in [0.5, 0.6) is 5.75 Å². The van der Waals surface area contributed by atoms with Gasteiger partial charge in [0.15, 0.2) is 0 Å². The molecule has 1 aromatic heterocycles. The lowest BCUT2D eigenvalue weighted by molar-refractivity contribution is -0.114. The molecule has 0 bridgehead atoms. The minimum absolute atomic E-state index is 0.185. The van der Waals surface area contributed by atoms with Crippen LogP contribution in [0.3, 0.4) is 0 Å². The van der Waals surface area contributed by atoms with Gasteiger partial charge in [-0.3, -0.25) is 4.79 Å². The summed E-state index contributed by atoms with van der Waals surface area (Å²) in [6.45, 7) is 6.84. The summed E-state index contributed by atoms with van der Waals surface area (Å²) in [6, 6.07) is 5.37. The van der Waals surface area contributed by atoms with Crippen molar-refractivity contribution < 1.29 is 19.0 Å². The standard InChI is InChI=1S/C20H27N7O4/c1-14(28)21-17-13-15(29-2)3-4-16(17)22-18-23-19(26-5-9-30-10-6-26)25-20(24-18)27-7-11-31-12-8-27/h3-4,13H,5-12H2,1-2H3,(H,21,28)(H,22,23,24,25). The smallest absolute Gasteiger partial charge is 0.233 e. The van der Waals surface area contributed by atoms with Gasteiger partial charge in [-0.15, -0.1) is 0 Å². The van der Waals surface area contributed by atoms with Crippen molar-refractivity contribution in [2.24, 2.45) is 0 Å². The highest BCUT2D eigenvalue weighted by Crippen LogP contribution is 2.30. The zero-order valence-corrected chi connectivity index (χ0v) is 17.8. The van der Waals surface area contributed by atoms with E-state index in [1.54, 1.807) is 19.2 Å². The molecule has 31 heavy (non-hydrogen) atoms. The molecule has 2 aliphatic rings. The first-order chi connectivity index (χ1) is 15.1. The maximum atomic E-state index is 11.7. The number of hydrogen-bond donors (Lipinski definition) is 2. The molecule has 166 valence electrons. The summed E-state index contributed by atoms with van der Waals surface area (Å²) >= 11 is 0. The molecule has 0 spiro atoms. The van der Waals surface area contributed by atoms with E-state index in [4.69, 9.17) is 19.2 Å². The second kappa shape index (κ2) is 9.75. The molecular weight excluding hydrogens is 402 g/mol. The van der Waals surface area contributed by atoms with Gasteiger partial charge in [-0.1, -0.05) is 0 Å². The van der Waals surface area contributed by atoms with Crippen molar-refractivity contribution in [3.8, 4) is 5.75 Å². The molecular formula is C20H27N7O4. The minimum Gasteiger partial charge on any atom is -0.497 e. The zero-order valence-electron chi connectivity index (χ0n) is 17.8. The Labute approximate surface area is 180 Å². The fraction of sp³-hybridized carbons (Fsp3) is 0.500. The van der Waals surface area contributed by atoms with Gasteiger partial charge in [0.1, 0.15) is 5.75 Å². The summed E-state index contributed by atoms with van der Waals surface area (Å²) in [5.74, 6) is 2.03. The van der Waals surface area contributed by atoms with Crippen LogP contribution in [0.1, 0.15) is 6.92 Å². The van der Waals surface area contributed by atoms with E-state index in [0.717, 1.165) is 0 Å². The number of nitrogens with zero attached hydrogens (tertiary/aromatic N) is 5. The number of carbonyl (C=O) groups is 1. The highest BCUT2D eigenvalue weighted by atomic mass is 16.5. The molecule has 0 saturated carbocycles. The number of nitrogens with one attached hydrogen (secondary N) is 2. The molecule has 1 amide bonds. The van der Waals surface area contributed by atoms with E-state index in [1.807, 2.05) is 6.07 Å². The van der Waals surface area contributed by atoms with Crippen LogP contribution >= 0.6 is 0 Å². The summed E-state index contributed by atoms with van der Waals surface area (Å²) in [6.07, 6.45) is 0. The van der Waals surface area contributed by atoms with E-state index in [9.17, 15) is 4.79 Å². The van der Waals surface area contributed by atoms with Gasteiger partial charge in [-0.05, 0) is 12.1 Å². The molecule has 4 rings (SSSR count). The summed E-state index contributed by atoms with van der Waals surface area (Å²) in [7, 11) is 1.58. The van der Waals surface area contributed by atoms with Crippen molar-refractivity contribution in [2.75, 3.05) is 80.1 Å². The number of morpholine rings is 2. The molecule has 1 aromatic carbocycles. The number of methoxy groups -OCH3 is 1. The number of anilines is 5. The lowest BCUT2D eigenvalue weighted by Gasteiger charge is -2.30. The molecule has 3 heterocycles. The van der Waals surface area contributed by atoms with Crippen LogP contribution in [0, 0.1) is 0 Å². The van der Waals surface area contributed by atoms with Crippen LogP contribution in [0.4, 0.5) is 29.2 Å². The van der Waals surface area contributed by atoms with E-state index in [-0.39, 0.29) is 5.91 Å². The number of ether oxygens (including phenoxy) is 3. The Morgan fingerprint density at radius 3 is 2.03 bits per heavy atom. The largest absolute Gasteiger partial charge is 0.497 e. The van der Waals surface area contributed by atoms with Gasteiger partial charge in [0, 0.05) is 39.2 Å². The van der Waals surface area contributed by atoms with Crippen molar-refractivity contribution in [3.05, 3.63) is 18.2 Å². The fourth-order valence-corrected chi connectivity index (χ4v) is 3.39. The molecule has 2 aliphatic heterocycles. The van der Waals surface area contributed by atoms with Gasteiger partial charge in [-0.2, -0.15) is 15.0 Å². The van der Waals surface area contributed by atoms with Crippen LogP contribution in [-0.2, 0) is 14.3 Å². The first kappa shape index (κ1) is 21.1. The third kappa shape index (κ3) is 5.30. The van der Waals surface area contributed by atoms with Gasteiger partial charge < -0.3 is 34.6 Å². The Hall–Kier alpha value is -3.18. The van der Waals surface area contributed by atoms with Gasteiger partial charge in [0.25, 0.3) is 0 Å². The van der Waals surface area contributed by atoms with Gasteiger partial charge in [0.05, 0.1) is 44.9 Å². The molecule has 0 radical (unpaired) electrons. The zero-order chi connectivity index (χ0) is 21.6. The third-order valence-electron chi connectivity index (χ3n) is 4.98. The molecule has 0 atom stereocenters. The van der Waals surface area contributed by atoms with Crippen LogP contribution in [0.15, 0.2) is 18.2 Å². The SMILES string of the molecule is COc1ccc(Nc2nc(N3CCOCC3)nc(N3CCOCC3)n2)c(NC(C)=O)c1. The normalized spacial score (nSPS) is 16.7. The molecule has 2 aromatic rings. The predicted octanol–water partition coefficient (Wildman–Crippen LogP) is 1.26. The van der Waals surface area contributed by atoms with Gasteiger partial charge in [-0.25, -0.2) is 0 Å². The van der Waals surface area contributed by atoms with Crippen LogP contribution in [0.25, 0.3) is 0 Å². The van der Waals surface area contributed by atoms with Crippen molar-refractivity contribution in [1.82, 2.24) is 15.0 Å². The molecule has 0 unspecified atom stereocenters. The monoisotopic (exact) mass is 429 g/mol. The molecule has 11 heteroatoms. The summed E-state index contributed by atoms with van der Waals surface area (Å²) < 4.78 is 16.2. The number of rotatable bonds is 6. The van der Waals surface area contributed by atoms with E-state index >= 15 is 0 Å². The maximum absolute atomic E-state index is 11.7. The van der Waals surface area contributed by atoms with Crippen molar-refractivity contribution in [3.63, 3.8) is 0 Å². The Bertz CT molecular complexity index is 878. The first-order valence-corrected chi connectivity index (χ1v) is 10.3. The lowest BCUT2D eigenvalue weighted by atomic mass is 10.2. The number of benzene rings is 1. The van der Waals surface area contributed by atoms with Gasteiger partial charge >= 0.3 is 0 Å². The Kier molecular flexibility index (Phi) is 6.63. The number of carbonyl (C=O) groups excluding carboxylic acids is 1. The fourth-order valence-electron chi connectivity index (χ4n) is 3.39. The lowest BCUT2D eigenvalue weighted by Crippen LogP contribution is -2.40. The second-order valence-electron chi connectivity index (χ2n) is 7.18. The van der Waals surface area contributed by atoms with Crippen molar-refractivity contribution in [2.45, 2.75) is 6.92 Å². The molecule has 2 N–H and O–H groups in total. The maximum Gasteiger partial charge on any atom is 0.233 e. The van der Waals surface area contributed by atoms with Crippen molar-refractivity contribution in [1.29, 1.82) is 0 Å². The highest BCUT2D eigenvalue weighted by Gasteiger charge is 2.21. The second-order valence-corrected chi connectivity index (χ2v) is 7.18. The van der Waals surface area contributed by atoms with Crippen molar-refractivity contribution >= 4 is 35.1 Å². The predicted molar refractivity (Wildman–Crippen MR) is 116 cm³/mol. The summed E-state index contributed by atoms with van der Waals surface area (Å²) in [5, 5.41) is 6.06. The van der Waals surface area contributed by atoms with Crippen LogP contribution in [0.2, 0.25) is 0 Å². The highest BCUT2D eigenvalue weighted by molar-refractivity contribution is 5.93. The average molecular weight is 429 g/mol. The number of hydrogen-bond acceptors (Lipinski definition) is 10. The van der Waals surface area contributed by atoms with E-state index in [0.29, 0.717) is 87.6 Å². The molecule has 2 saturated heterocycles. The van der Waals surface area contributed by atoms with Gasteiger partial charge in [0.2, 0.25) is 23.8 Å². The Morgan fingerprint density at radius 1 is 0.935 bits per heavy atom. The minimum atomic E-state index is -0.185. The van der Waals surface area contributed by atoms with Crippen LogP contribution < -0.4 is 25.2 Å². The third-order valence-corrected chi connectivity index (χ3v) is 4.98. The summed E-state index contributed by atoms with van der Waals surface area (Å²) in [4.78, 5) is 29.9. The molecule has 2 fully saturated rings. The molecule has 0 aliphatic carbocycles. The number of amides is 1. The first-order valence-electron chi connectivity index (χ1n) is 10.3. The number of aromatic nitrogens is 3. The van der Waals surface area contributed by atoms with Crippen LogP contribution in [-0.4, -0.2) is 80.6 Å². The van der Waals surface area contributed by atoms with E-state index in [2.05, 4.69) is 30.4 Å². The average Bonchev–Trinajstić information content (AvgIpc) is 2.81. The molecule has 11 nitrogen and oxygen atoms in total. The summed E-state index contributed by atoms with van der Waals surface area (Å²) in [5.41, 5.74) is 1.23.